The molecule has 9 nitrogen and oxygen atoms in total. The molecule has 3 fully saturated rings. The maximum Gasteiger partial charge on any atom is 0.307 e. The van der Waals surface area contributed by atoms with Crippen molar-refractivity contribution in [3.63, 3.8) is 0 Å². The fourth-order valence-electron chi connectivity index (χ4n) is 7.68. The zero-order chi connectivity index (χ0) is 26.9. The van der Waals surface area contributed by atoms with E-state index < -0.39 is 86.6 Å². The Morgan fingerprint density at radius 3 is 2.56 bits per heavy atom. The van der Waals surface area contributed by atoms with Crippen molar-refractivity contribution in [1.82, 2.24) is 0 Å². The molecule has 200 valence electrons. The quantitative estimate of drug-likeness (QED) is 0.345. The molecule has 36 heavy (non-hydrogen) atoms. The third kappa shape index (κ3) is 3.73. The smallest absolute Gasteiger partial charge is 0.307 e. The van der Waals surface area contributed by atoms with Crippen molar-refractivity contribution in [3.05, 3.63) is 23.8 Å². The standard InChI is InChI=1S/C25H33FO9S/c1-14-10-18-17-5-4-15-11-16(27)6-8-22(15,2)24(17,26)19(28)12-23(18,3)25(14,31)20(29)13-35-21(30)7-9-36(32,33)34/h6,8,11,14,17-19,28,31H,4-5,7,9-10,12-13H2,1-3H3,(H,32,33,34)/t14?,17-,18-,19?,22-,23-,24-,25-/m0/s1. The van der Waals surface area contributed by atoms with Crippen LogP contribution in [0.15, 0.2) is 23.8 Å². The number of Topliss-reactive ketones (excluding diaryl/α,β-unsaturated/α-hetero) is 1. The van der Waals surface area contributed by atoms with Crippen LogP contribution in [-0.2, 0) is 29.2 Å². The summed E-state index contributed by atoms with van der Waals surface area (Å²) < 4.78 is 52.5. The van der Waals surface area contributed by atoms with Crippen LogP contribution in [0.25, 0.3) is 0 Å². The number of allylic oxidation sites excluding steroid dienone is 4. The molecule has 0 spiro atoms. The number of alkyl halides is 1. The number of rotatable bonds is 6. The summed E-state index contributed by atoms with van der Waals surface area (Å²) >= 11 is 0. The van der Waals surface area contributed by atoms with Crippen LogP contribution < -0.4 is 0 Å². The van der Waals surface area contributed by atoms with Crippen LogP contribution in [-0.4, -0.2) is 70.5 Å². The van der Waals surface area contributed by atoms with E-state index in [1.807, 2.05) is 0 Å². The van der Waals surface area contributed by atoms with E-state index in [-0.39, 0.29) is 12.2 Å². The molecule has 4 aliphatic rings. The first-order valence-electron chi connectivity index (χ1n) is 12.2. The third-order valence-electron chi connectivity index (χ3n) is 9.58. The average Bonchev–Trinajstić information content (AvgIpc) is 2.98. The minimum atomic E-state index is -4.39. The number of esters is 1. The van der Waals surface area contributed by atoms with Gasteiger partial charge in [0.2, 0.25) is 5.78 Å². The number of hydrogen-bond donors (Lipinski definition) is 3. The van der Waals surface area contributed by atoms with Crippen molar-refractivity contribution in [2.75, 3.05) is 12.4 Å². The van der Waals surface area contributed by atoms with E-state index in [1.165, 1.54) is 18.2 Å². The van der Waals surface area contributed by atoms with Gasteiger partial charge in [-0.3, -0.25) is 18.9 Å². The lowest BCUT2D eigenvalue weighted by atomic mass is 9.44. The molecule has 0 amide bonds. The van der Waals surface area contributed by atoms with Gasteiger partial charge in [-0.2, -0.15) is 8.42 Å². The van der Waals surface area contributed by atoms with Crippen LogP contribution in [0.4, 0.5) is 4.39 Å². The Balaban J connectivity index is 1.61. The molecular formula is C25H33FO9S. The van der Waals surface area contributed by atoms with Gasteiger partial charge in [-0.1, -0.05) is 25.5 Å². The Kier molecular flexibility index (Phi) is 6.43. The molecule has 0 aliphatic heterocycles. The number of fused-ring (bicyclic) bond motifs is 5. The molecule has 3 saturated carbocycles. The van der Waals surface area contributed by atoms with Gasteiger partial charge in [-0.25, -0.2) is 4.39 Å². The Morgan fingerprint density at radius 1 is 1.25 bits per heavy atom. The molecule has 0 aromatic rings. The van der Waals surface area contributed by atoms with Crippen molar-refractivity contribution in [2.45, 2.75) is 70.2 Å². The van der Waals surface area contributed by atoms with Crippen LogP contribution in [0.2, 0.25) is 0 Å². The van der Waals surface area contributed by atoms with Crippen LogP contribution in [0, 0.1) is 28.6 Å². The largest absolute Gasteiger partial charge is 0.458 e. The summed E-state index contributed by atoms with van der Waals surface area (Å²) in [6.07, 6.45) is 3.01. The molecule has 4 aliphatic carbocycles. The van der Waals surface area contributed by atoms with Gasteiger partial charge in [0.15, 0.2) is 18.1 Å². The summed E-state index contributed by atoms with van der Waals surface area (Å²) in [4.78, 5) is 37.1. The summed E-state index contributed by atoms with van der Waals surface area (Å²) in [5.74, 6) is -4.68. The highest BCUT2D eigenvalue weighted by atomic mass is 32.2. The monoisotopic (exact) mass is 528 g/mol. The van der Waals surface area contributed by atoms with Crippen molar-refractivity contribution >= 4 is 27.7 Å². The fourth-order valence-corrected chi connectivity index (χ4v) is 8.11. The molecule has 0 aromatic heterocycles. The van der Waals surface area contributed by atoms with E-state index in [4.69, 9.17) is 9.29 Å². The van der Waals surface area contributed by atoms with E-state index in [9.17, 15) is 33.0 Å². The van der Waals surface area contributed by atoms with Crippen molar-refractivity contribution in [3.8, 4) is 0 Å². The highest BCUT2D eigenvalue weighted by Gasteiger charge is 2.75. The van der Waals surface area contributed by atoms with Gasteiger partial charge in [0.05, 0.1) is 18.3 Å². The zero-order valence-corrected chi connectivity index (χ0v) is 21.4. The molecule has 0 radical (unpaired) electrons. The molecule has 0 heterocycles. The number of carbonyl (C=O) groups is 3. The normalized spacial score (nSPS) is 43.8. The predicted molar refractivity (Wildman–Crippen MR) is 125 cm³/mol. The number of ether oxygens (including phenoxy) is 1. The fraction of sp³-hybridized carbons (Fsp3) is 0.720. The van der Waals surface area contributed by atoms with Crippen LogP contribution in [0.3, 0.4) is 0 Å². The molecular weight excluding hydrogens is 495 g/mol. The first-order valence-corrected chi connectivity index (χ1v) is 13.8. The van der Waals surface area contributed by atoms with E-state index >= 15 is 4.39 Å². The van der Waals surface area contributed by atoms with E-state index in [0.717, 1.165) is 0 Å². The predicted octanol–water partition coefficient (Wildman–Crippen LogP) is 1.72. The number of halogens is 1. The van der Waals surface area contributed by atoms with Crippen LogP contribution >= 0.6 is 0 Å². The van der Waals surface area contributed by atoms with E-state index in [0.29, 0.717) is 24.8 Å². The Hall–Kier alpha value is -1.95. The van der Waals surface area contributed by atoms with Crippen molar-refractivity contribution in [2.24, 2.45) is 28.6 Å². The summed E-state index contributed by atoms with van der Waals surface area (Å²) in [6, 6.07) is 0. The third-order valence-corrected chi connectivity index (χ3v) is 10.3. The SMILES string of the molecule is CC1C[C@H]2[C@@H]3CCC4=CC(=O)C=C[C@]4(C)[C@@]3(F)C(O)C[C@]2(C)[C@@]1(O)C(=O)COC(=O)CCS(=O)(=O)O. The lowest BCUT2D eigenvalue weighted by Crippen LogP contribution is -2.69. The van der Waals surface area contributed by atoms with Crippen molar-refractivity contribution < 1.29 is 46.7 Å². The summed E-state index contributed by atoms with van der Waals surface area (Å²) in [5.41, 5.74) is -5.89. The Bertz CT molecular complexity index is 1160. The molecule has 0 aromatic carbocycles. The van der Waals surface area contributed by atoms with Gasteiger partial charge < -0.3 is 14.9 Å². The number of carbonyl (C=O) groups excluding carboxylic acids is 3. The molecule has 11 heteroatoms. The number of hydrogen-bond acceptors (Lipinski definition) is 8. The van der Waals surface area contributed by atoms with Gasteiger partial charge in [0.1, 0.15) is 5.60 Å². The van der Waals surface area contributed by atoms with Gasteiger partial charge >= 0.3 is 5.97 Å². The van der Waals surface area contributed by atoms with Gasteiger partial charge in [0, 0.05) is 16.7 Å². The van der Waals surface area contributed by atoms with Crippen LogP contribution in [0.1, 0.15) is 52.9 Å². The number of aliphatic hydroxyl groups excluding tert-OH is 1. The molecule has 4 rings (SSSR count). The molecule has 0 saturated heterocycles. The summed E-state index contributed by atoms with van der Waals surface area (Å²) in [5, 5.41) is 23.1. The van der Waals surface area contributed by atoms with Gasteiger partial charge in [0.25, 0.3) is 10.1 Å². The second kappa shape index (κ2) is 8.54. The Labute approximate surface area is 209 Å². The maximum atomic E-state index is 17.1. The Morgan fingerprint density at radius 2 is 1.92 bits per heavy atom. The highest BCUT2D eigenvalue weighted by Crippen LogP contribution is 2.70. The lowest BCUT2D eigenvalue weighted by molar-refractivity contribution is -0.220. The molecule has 3 N–H and O–H groups in total. The highest BCUT2D eigenvalue weighted by molar-refractivity contribution is 7.85. The maximum absolute atomic E-state index is 17.1. The topological polar surface area (TPSA) is 155 Å². The minimum absolute atomic E-state index is 0.210. The van der Waals surface area contributed by atoms with E-state index in [2.05, 4.69) is 0 Å². The first kappa shape index (κ1) is 27.1. The second-order valence-corrected chi connectivity index (χ2v) is 12.9. The van der Waals surface area contributed by atoms with E-state index in [1.54, 1.807) is 20.8 Å². The lowest BCUT2D eigenvalue weighted by Gasteiger charge is -2.62. The zero-order valence-electron chi connectivity index (χ0n) is 20.6. The minimum Gasteiger partial charge on any atom is -0.458 e. The molecule has 8 atom stereocenters. The molecule has 2 unspecified atom stereocenters. The van der Waals surface area contributed by atoms with Crippen molar-refractivity contribution in [1.29, 1.82) is 0 Å². The second-order valence-electron chi connectivity index (χ2n) is 11.3. The average molecular weight is 529 g/mol. The van der Waals surface area contributed by atoms with Gasteiger partial charge in [-0.05, 0) is 56.6 Å². The summed E-state index contributed by atoms with van der Waals surface area (Å²) in [7, 11) is -4.39. The first-order chi connectivity index (χ1) is 16.5. The summed E-state index contributed by atoms with van der Waals surface area (Å²) in [6.45, 7) is 4.20. The number of ketones is 2. The number of aliphatic hydroxyl groups is 2. The van der Waals surface area contributed by atoms with Crippen LogP contribution in [0.5, 0.6) is 0 Å². The molecule has 0 bridgehead atoms. The van der Waals surface area contributed by atoms with Gasteiger partial charge in [-0.15, -0.1) is 0 Å².